The number of anilines is 1. The van der Waals surface area contributed by atoms with Crippen LogP contribution in [-0.2, 0) is 0 Å². The summed E-state index contributed by atoms with van der Waals surface area (Å²) < 4.78 is 30.6. The van der Waals surface area contributed by atoms with Crippen molar-refractivity contribution in [1.29, 1.82) is 0 Å². The summed E-state index contributed by atoms with van der Waals surface area (Å²) in [5.74, 6) is -2.82. The predicted molar refractivity (Wildman–Crippen MR) is 113 cm³/mol. The summed E-state index contributed by atoms with van der Waals surface area (Å²) in [7, 11) is 0. The molecule has 5 rings (SSSR count). The number of H-pyrrole nitrogens is 1. The maximum absolute atomic E-state index is 14.4. The summed E-state index contributed by atoms with van der Waals surface area (Å²) in [6.45, 7) is 1.92. The number of hydrogen-bond donors (Lipinski definition) is 3. The number of ketones is 1. The van der Waals surface area contributed by atoms with E-state index in [0.717, 1.165) is 49.2 Å². The van der Waals surface area contributed by atoms with Crippen molar-refractivity contribution in [2.24, 2.45) is 0 Å². The second-order valence-electron chi connectivity index (χ2n) is 7.67. The fourth-order valence-corrected chi connectivity index (χ4v) is 4.02. The molecule has 0 unspecified atom stereocenters. The molecule has 31 heavy (non-hydrogen) atoms. The highest BCUT2D eigenvalue weighted by atomic mass is 19.1. The van der Waals surface area contributed by atoms with Crippen molar-refractivity contribution in [3.8, 4) is 11.1 Å². The predicted octanol–water partition coefficient (Wildman–Crippen LogP) is 3.44. The van der Waals surface area contributed by atoms with E-state index in [1.54, 1.807) is 18.5 Å². The van der Waals surface area contributed by atoms with Crippen LogP contribution in [0.5, 0.6) is 0 Å². The molecule has 4 heterocycles. The molecule has 158 valence electrons. The third-order valence-electron chi connectivity index (χ3n) is 5.74. The zero-order valence-electron chi connectivity index (χ0n) is 16.5. The highest BCUT2D eigenvalue weighted by Crippen LogP contribution is 2.29. The molecule has 3 aromatic heterocycles. The van der Waals surface area contributed by atoms with Crippen LogP contribution in [0.25, 0.3) is 22.2 Å². The van der Waals surface area contributed by atoms with Gasteiger partial charge in [0.25, 0.3) is 0 Å². The number of carbonyl (C=O) groups is 1. The zero-order valence-corrected chi connectivity index (χ0v) is 16.5. The number of fused-ring (bicyclic) bond motifs is 1. The van der Waals surface area contributed by atoms with Gasteiger partial charge in [0.1, 0.15) is 11.5 Å². The van der Waals surface area contributed by atoms with Crippen LogP contribution in [0.2, 0.25) is 0 Å². The number of aromatic amines is 1. The largest absolute Gasteiger partial charge is 0.396 e. The molecule has 0 atom stereocenters. The van der Waals surface area contributed by atoms with Crippen LogP contribution in [0.3, 0.4) is 0 Å². The highest BCUT2D eigenvalue weighted by Gasteiger charge is 2.24. The van der Waals surface area contributed by atoms with Crippen molar-refractivity contribution in [3.05, 3.63) is 65.7 Å². The van der Waals surface area contributed by atoms with Gasteiger partial charge < -0.3 is 16.0 Å². The Bertz CT molecular complexity index is 1290. The molecule has 0 spiro atoms. The lowest BCUT2D eigenvalue weighted by Gasteiger charge is -2.22. The lowest BCUT2D eigenvalue weighted by molar-refractivity contribution is 0.103. The number of halogens is 2. The molecule has 1 aliphatic rings. The molecular weight excluding hydrogens is 402 g/mol. The van der Waals surface area contributed by atoms with Gasteiger partial charge in [-0.2, -0.15) is 5.10 Å². The van der Waals surface area contributed by atoms with Crippen LogP contribution in [0.15, 0.2) is 43.0 Å². The minimum Gasteiger partial charge on any atom is -0.396 e. The fraction of sp³-hybridized carbons (Fsp3) is 0.227. The van der Waals surface area contributed by atoms with Crippen LogP contribution in [0.4, 0.5) is 14.5 Å². The van der Waals surface area contributed by atoms with Gasteiger partial charge >= 0.3 is 0 Å². The van der Waals surface area contributed by atoms with Gasteiger partial charge in [-0.1, -0.05) is 0 Å². The van der Waals surface area contributed by atoms with Gasteiger partial charge in [0, 0.05) is 40.7 Å². The van der Waals surface area contributed by atoms with Crippen molar-refractivity contribution in [2.45, 2.75) is 18.9 Å². The summed E-state index contributed by atoms with van der Waals surface area (Å²) in [4.78, 5) is 20.2. The SMILES string of the molecule is Nc1ccc(F)c(C(=O)c2c[nH]c3ncc(-c4cnn(C5CCNCC5)c4)cc23)c1F. The van der Waals surface area contributed by atoms with Crippen molar-refractivity contribution in [2.75, 3.05) is 18.8 Å². The molecule has 1 saturated heterocycles. The van der Waals surface area contributed by atoms with E-state index in [9.17, 15) is 13.6 Å². The van der Waals surface area contributed by atoms with Gasteiger partial charge in [-0.25, -0.2) is 13.8 Å². The van der Waals surface area contributed by atoms with E-state index in [0.29, 0.717) is 17.1 Å². The van der Waals surface area contributed by atoms with Gasteiger partial charge in [-0.15, -0.1) is 0 Å². The number of hydrogen-bond acceptors (Lipinski definition) is 5. The first-order chi connectivity index (χ1) is 15.0. The number of aromatic nitrogens is 4. The number of pyridine rings is 1. The van der Waals surface area contributed by atoms with Crippen LogP contribution in [0, 0.1) is 11.6 Å². The molecule has 0 saturated carbocycles. The van der Waals surface area contributed by atoms with Crippen molar-refractivity contribution in [1.82, 2.24) is 25.1 Å². The van der Waals surface area contributed by atoms with Gasteiger partial charge in [-0.3, -0.25) is 9.48 Å². The van der Waals surface area contributed by atoms with Gasteiger partial charge in [0.05, 0.1) is 23.5 Å². The zero-order chi connectivity index (χ0) is 21.5. The molecule has 7 nitrogen and oxygen atoms in total. The molecule has 1 aliphatic heterocycles. The molecule has 0 amide bonds. The topological polar surface area (TPSA) is 102 Å². The number of nitrogens with two attached hydrogens (primary N) is 1. The van der Waals surface area contributed by atoms with Crippen molar-refractivity contribution in [3.63, 3.8) is 0 Å². The molecular formula is C22H20F2N6O. The third kappa shape index (κ3) is 3.36. The van der Waals surface area contributed by atoms with Crippen LogP contribution in [0.1, 0.15) is 34.8 Å². The lowest BCUT2D eigenvalue weighted by Crippen LogP contribution is -2.29. The van der Waals surface area contributed by atoms with E-state index in [-0.39, 0.29) is 11.3 Å². The number of rotatable bonds is 4. The Labute approximate surface area is 176 Å². The van der Waals surface area contributed by atoms with E-state index in [4.69, 9.17) is 5.73 Å². The Morgan fingerprint density at radius 1 is 1.16 bits per heavy atom. The van der Waals surface area contributed by atoms with E-state index < -0.39 is 23.0 Å². The van der Waals surface area contributed by atoms with Crippen molar-refractivity contribution >= 4 is 22.5 Å². The number of nitrogens with zero attached hydrogens (tertiary/aromatic N) is 3. The average Bonchev–Trinajstić information content (AvgIpc) is 3.44. The minimum absolute atomic E-state index is 0.124. The number of benzene rings is 1. The van der Waals surface area contributed by atoms with Crippen LogP contribution < -0.4 is 11.1 Å². The van der Waals surface area contributed by atoms with Crippen LogP contribution in [-0.4, -0.2) is 38.6 Å². The maximum Gasteiger partial charge on any atom is 0.201 e. The first-order valence-electron chi connectivity index (χ1n) is 10.0. The minimum atomic E-state index is -1.06. The van der Waals surface area contributed by atoms with Crippen LogP contribution >= 0.6 is 0 Å². The van der Waals surface area contributed by atoms with Crippen molar-refractivity contribution < 1.29 is 13.6 Å². The molecule has 4 aromatic rings. The molecule has 0 aliphatic carbocycles. The first kappa shape index (κ1) is 19.4. The molecule has 1 aromatic carbocycles. The normalized spacial score (nSPS) is 14.9. The Kier molecular flexibility index (Phi) is 4.74. The smallest absolute Gasteiger partial charge is 0.201 e. The summed E-state index contributed by atoms with van der Waals surface area (Å²) >= 11 is 0. The average molecular weight is 422 g/mol. The monoisotopic (exact) mass is 422 g/mol. The first-order valence-corrected chi connectivity index (χ1v) is 10.0. The molecule has 0 radical (unpaired) electrons. The van der Waals surface area contributed by atoms with E-state index >= 15 is 0 Å². The fourth-order valence-electron chi connectivity index (χ4n) is 4.02. The van der Waals surface area contributed by atoms with Gasteiger partial charge in [-0.05, 0) is 44.1 Å². The standard InChI is InChI=1S/C22H20F2N6O/c23-17-1-2-18(25)20(24)19(17)21(31)16-10-28-22-15(16)7-12(8-27-22)13-9-29-30(11-13)14-3-5-26-6-4-14/h1-2,7-11,14,26H,3-6,25H2,(H,27,28). The Morgan fingerprint density at radius 3 is 2.77 bits per heavy atom. The molecule has 4 N–H and O–H groups in total. The maximum atomic E-state index is 14.4. The summed E-state index contributed by atoms with van der Waals surface area (Å²) in [6, 6.07) is 4.19. The van der Waals surface area contributed by atoms with E-state index in [1.165, 1.54) is 6.20 Å². The number of nitrogen functional groups attached to an aromatic ring is 1. The Morgan fingerprint density at radius 2 is 1.97 bits per heavy atom. The third-order valence-corrected chi connectivity index (χ3v) is 5.74. The second kappa shape index (κ2) is 7.59. The quantitative estimate of drug-likeness (QED) is 0.345. The lowest BCUT2D eigenvalue weighted by atomic mass is 10.0. The second-order valence-corrected chi connectivity index (χ2v) is 7.67. The number of piperidine rings is 1. The summed E-state index contributed by atoms with van der Waals surface area (Å²) in [5, 5.41) is 8.30. The van der Waals surface area contributed by atoms with E-state index in [1.807, 2.05) is 10.9 Å². The molecule has 9 heteroatoms. The molecule has 1 fully saturated rings. The molecule has 0 bridgehead atoms. The Balaban J connectivity index is 1.53. The Hall–Kier alpha value is -3.59. The number of carbonyl (C=O) groups excluding carboxylic acids is 1. The number of nitrogens with one attached hydrogen (secondary N) is 2. The highest BCUT2D eigenvalue weighted by molar-refractivity contribution is 6.16. The summed E-state index contributed by atoms with van der Waals surface area (Å²) in [5.41, 5.74) is 6.76. The van der Waals surface area contributed by atoms with Gasteiger partial charge in [0.2, 0.25) is 5.78 Å². The summed E-state index contributed by atoms with van der Waals surface area (Å²) in [6.07, 6.45) is 8.82. The van der Waals surface area contributed by atoms with Gasteiger partial charge in [0.15, 0.2) is 5.82 Å². The van der Waals surface area contributed by atoms with E-state index in [2.05, 4.69) is 20.4 Å².